The summed E-state index contributed by atoms with van der Waals surface area (Å²) in [6, 6.07) is 10.2. The highest BCUT2D eigenvalue weighted by atomic mass is 35.5. The zero-order valence-electron chi connectivity index (χ0n) is 10.3. The Hall–Kier alpha value is -1.41. The Morgan fingerprint density at radius 1 is 0.889 bits per heavy atom. The largest absolute Gasteiger partial charge is 0.369 e. The fourth-order valence-corrected chi connectivity index (χ4v) is 2.93. The van der Waals surface area contributed by atoms with E-state index in [1.165, 1.54) is 30.6 Å². The van der Waals surface area contributed by atoms with Crippen LogP contribution in [0.1, 0.15) is 19.3 Å². The van der Waals surface area contributed by atoms with E-state index >= 15 is 0 Å². The van der Waals surface area contributed by atoms with E-state index < -0.39 is 0 Å². The van der Waals surface area contributed by atoms with Crippen LogP contribution in [-0.4, -0.2) is 17.7 Å². The molecule has 2 heterocycles. The van der Waals surface area contributed by atoms with E-state index in [4.69, 9.17) is 11.6 Å². The Morgan fingerprint density at radius 3 is 2.33 bits per heavy atom. The van der Waals surface area contributed by atoms with Gasteiger partial charge in [0, 0.05) is 25.5 Å². The highest BCUT2D eigenvalue weighted by molar-refractivity contribution is 6.33. The molecule has 0 amide bonds. The summed E-state index contributed by atoms with van der Waals surface area (Å²) in [5, 5.41) is 0.850. The number of para-hydroxylation sites is 1. The topological polar surface area (TPSA) is 8.17 Å². The second-order valence-corrected chi connectivity index (χ2v) is 5.15. The molecule has 0 radical (unpaired) electrons. The summed E-state index contributed by atoms with van der Waals surface area (Å²) in [7, 11) is 0. The van der Waals surface area contributed by atoms with Gasteiger partial charge in [-0.25, -0.2) is 0 Å². The predicted molar refractivity (Wildman–Crippen MR) is 76.8 cm³/mol. The van der Waals surface area contributed by atoms with Crippen molar-refractivity contribution in [1.82, 2.24) is 4.57 Å². The molecule has 0 saturated carbocycles. The van der Waals surface area contributed by atoms with Crippen LogP contribution in [0.25, 0.3) is 5.69 Å². The highest BCUT2D eigenvalue weighted by Gasteiger charge is 2.17. The lowest BCUT2D eigenvalue weighted by Gasteiger charge is -2.31. The van der Waals surface area contributed by atoms with Crippen LogP contribution >= 0.6 is 11.6 Å². The van der Waals surface area contributed by atoms with Crippen molar-refractivity contribution in [3.05, 3.63) is 47.7 Å². The Kier molecular flexibility index (Phi) is 3.28. The summed E-state index contributed by atoms with van der Waals surface area (Å²) < 4.78 is 2.13. The molecule has 3 rings (SSSR count). The third-order valence-corrected chi connectivity index (χ3v) is 3.83. The van der Waals surface area contributed by atoms with Crippen LogP contribution < -0.4 is 4.90 Å². The molecule has 0 unspecified atom stereocenters. The van der Waals surface area contributed by atoms with Gasteiger partial charge in [-0.1, -0.05) is 17.7 Å². The van der Waals surface area contributed by atoms with Gasteiger partial charge in [0.05, 0.1) is 16.4 Å². The molecule has 0 atom stereocenters. The molecule has 1 aliphatic rings. The fourth-order valence-electron chi connectivity index (χ4n) is 2.64. The molecule has 0 N–H and O–H groups in total. The van der Waals surface area contributed by atoms with Crippen LogP contribution in [0, 0.1) is 0 Å². The average Bonchev–Trinajstić information content (AvgIpc) is 2.93. The SMILES string of the molecule is Clc1cccc(-n2cccc2)c1N1CCCCC1. The van der Waals surface area contributed by atoms with Gasteiger partial charge in [0.2, 0.25) is 0 Å². The molecule has 1 saturated heterocycles. The van der Waals surface area contributed by atoms with Crippen molar-refractivity contribution in [2.24, 2.45) is 0 Å². The molecule has 0 spiro atoms. The van der Waals surface area contributed by atoms with Gasteiger partial charge in [-0.2, -0.15) is 0 Å². The van der Waals surface area contributed by atoms with Crippen LogP contribution in [0.2, 0.25) is 5.02 Å². The average molecular weight is 261 g/mol. The van der Waals surface area contributed by atoms with E-state index in [0.717, 1.165) is 18.1 Å². The normalized spacial score (nSPS) is 15.9. The third kappa shape index (κ3) is 2.13. The second kappa shape index (κ2) is 5.07. The number of nitrogens with zero attached hydrogens (tertiary/aromatic N) is 2. The number of hydrogen-bond donors (Lipinski definition) is 0. The van der Waals surface area contributed by atoms with Gasteiger partial charge in [-0.3, -0.25) is 0 Å². The molecule has 0 bridgehead atoms. The highest BCUT2D eigenvalue weighted by Crippen LogP contribution is 2.34. The Morgan fingerprint density at radius 2 is 1.61 bits per heavy atom. The minimum atomic E-state index is 0.850. The van der Waals surface area contributed by atoms with Gasteiger partial charge in [0.1, 0.15) is 0 Å². The van der Waals surface area contributed by atoms with Crippen molar-refractivity contribution in [3.63, 3.8) is 0 Å². The van der Waals surface area contributed by atoms with Gasteiger partial charge >= 0.3 is 0 Å². The van der Waals surface area contributed by atoms with Crippen molar-refractivity contribution in [1.29, 1.82) is 0 Å². The van der Waals surface area contributed by atoms with E-state index in [9.17, 15) is 0 Å². The van der Waals surface area contributed by atoms with Gasteiger partial charge in [0.15, 0.2) is 0 Å². The molecule has 1 aromatic heterocycles. The first kappa shape index (κ1) is 11.7. The summed E-state index contributed by atoms with van der Waals surface area (Å²) in [5.41, 5.74) is 2.35. The first-order valence-electron chi connectivity index (χ1n) is 6.53. The van der Waals surface area contributed by atoms with E-state index in [0.29, 0.717) is 0 Å². The summed E-state index contributed by atoms with van der Waals surface area (Å²) in [4.78, 5) is 2.42. The number of rotatable bonds is 2. The molecule has 2 aromatic rings. The summed E-state index contributed by atoms with van der Waals surface area (Å²) in [6.45, 7) is 2.22. The number of piperidine rings is 1. The van der Waals surface area contributed by atoms with Gasteiger partial charge in [-0.15, -0.1) is 0 Å². The number of halogens is 1. The second-order valence-electron chi connectivity index (χ2n) is 4.75. The van der Waals surface area contributed by atoms with E-state index in [1.54, 1.807) is 0 Å². The summed E-state index contributed by atoms with van der Waals surface area (Å²) in [5.74, 6) is 0. The monoisotopic (exact) mass is 260 g/mol. The molecule has 18 heavy (non-hydrogen) atoms. The van der Waals surface area contributed by atoms with Crippen molar-refractivity contribution in [2.75, 3.05) is 18.0 Å². The molecular formula is C15H17ClN2. The maximum Gasteiger partial charge on any atom is 0.0800 e. The van der Waals surface area contributed by atoms with Gasteiger partial charge in [0.25, 0.3) is 0 Å². The fraction of sp³-hybridized carbons (Fsp3) is 0.333. The summed E-state index contributed by atoms with van der Waals surface area (Å²) >= 11 is 6.42. The lowest BCUT2D eigenvalue weighted by molar-refractivity contribution is 0.577. The van der Waals surface area contributed by atoms with E-state index in [2.05, 4.69) is 27.9 Å². The zero-order chi connectivity index (χ0) is 12.4. The molecule has 1 aliphatic heterocycles. The minimum Gasteiger partial charge on any atom is -0.369 e. The molecule has 1 fully saturated rings. The Balaban J connectivity index is 2.06. The first-order chi connectivity index (χ1) is 8.86. The zero-order valence-corrected chi connectivity index (χ0v) is 11.1. The van der Waals surface area contributed by atoms with Crippen LogP contribution in [0.15, 0.2) is 42.7 Å². The number of anilines is 1. The Bertz CT molecular complexity index is 513. The van der Waals surface area contributed by atoms with Crippen molar-refractivity contribution >= 4 is 17.3 Å². The van der Waals surface area contributed by atoms with E-state index in [1.807, 2.05) is 24.3 Å². The number of aromatic nitrogens is 1. The molecular weight excluding hydrogens is 244 g/mol. The maximum atomic E-state index is 6.42. The molecule has 0 aliphatic carbocycles. The van der Waals surface area contributed by atoms with Gasteiger partial charge < -0.3 is 9.47 Å². The number of hydrogen-bond acceptors (Lipinski definition) is 1. The maximum absolute atomic E-state index is 6.42. The number of benzene rings is 1. The van der Waals surface area contributed by atoms with Gasteiger partial charge in [-0.05, 0) is 43.5 Å². The van der Waals surface area contributed by atoms with Crippen molar-refractivity contribution in [3.8, 4) is 5.69 Å². The lowest BCUT2D eigenvalue weighted by Crippen LogP contribution is -2.30. The Labute approximate surface area is 113 Å². The lowest BCUT2D eigenvalue weighted by atomic mass is 10.1. The van der Waals surface area contributed by atoms with Crippen LogP contribution in [-0.2, 0) is 0 Å². The molecule has 1 aromatic carbocycles. The van der Waals surface area contributed by atoms with Crippen LogP contribution in [0.3, 0.4) is 0 Å². The third-order valence-electron chi connectivity index (χ3n) is 3.52. The predicted octanol–water partition coefficient (Wildman–Crippen LogP) is 4.12. The van der Waals surface area contributed by atoms with E-state index in [-0.39, 0.29) is 0 Å². The summed E-state index contributed by atoms with van der Waals surface area (Å²) in [6.07, 6.45) is 7.99. The molecule has 3 heteroatoms. The minimum absolute atomic E-state index is 0.850. The molecule has 2 nitrogen and oxygen atoms in total. The first-order valence-corrected chi connectivity index (χ1v) is 6.91. The smallest absolute Gasteiger partial charge is 0.0800 e. The van der Waals surface area contributed by atoms with Crippen LogP contribution in [0.4, 0.5) is 5.69 Å². The van der Waals surface area contributed by atoms with Crippen molar-refractivity contribution in [2.45, 2.75) is 19.3 Å². The van der Waals surface area contributed by atoms with Crippen LogP contribution in [0.5, 0.6) is 0 Å². The molecule has 94 valence electrons. The van der Waals surface area contributed by atoms with Crippen molar-refractivity contribution < 1.29 is 0 Å². The quantitative estimate of drug-likeness (QED) is 0.789. The standard InChI is InChI=1S/C15H17ClN2/c16-13-7-6-8-14(17-9-4-5-10-17)15(13)18-11-2-1-3-12-18/h4-10H,1-3,11-12H2.